The molecular formula is C33H35N5O3S. The average Bonchev–Trinajstić information content (AvgIpc) is 3.45. The Bertz CT molecular complexity index is 1700. The van der Waals surface area contributed by atoms with E-state index in [2.05, 4.69) is 38.1 Å². The standard InChI is InChI=1S/C33H35N5O3S/c1-18(2)31(39)35-26-13-12-24(15-20(26)4)38-30(29(36-33(38)42)27-9-7-8-14-34-27)25-16-21(5)37(22(25)6)28-17-23(32(40)41)11-10-19(28)3/h7-18,29-30H,1-6H3,(H,35,39)(H,36,42)(H,40,41). The van der Waals surface area contributed by atoms with Gasteiger partial charge in [0, 0.05) is 40.6 Å². The zero-order valence-electron chi connectivity index (χ0n) is 24.6. The lowest BCUT2D eigenvalue weighted by Gasteiger charge is -2.29. The number of rotatable bonds is 7. The van der Waals surface area contributed by atoms with Gasteiger partial charge in [0.2, 0.25) is 5.91 Å². The molecule has 2 atom stereocenters. The van der Waals surface area contributed by atoms with Crippen LogP contribution in [0.25, 0.3) is 5.69 Å². The Morgan fingerprint density at radius 2 is 1.76 bits per heavy atom. The molecule has 8 nitrogen and oxygen atoms in total. The third-order valence-corrected chi connectivity index (χ3v) is 8.17. The van der Waals surface area contributed by atoms with Gasteiger partial charge in [0.15, 0.2) is 5.11 Å². The molecule has 1 amide bonds. The largest absolute Gasteiger partial charge is 0.478 e. The van der Waals surface area contributed by atoms with Crippen molar-refractivity contribution in [2.75, 3.05) is 10.2 Å². The molecule has 1 aliphatic rings. The van der Waals surface area contributed by atoms with Crippen LogP contribution in [0.4, 0.5) is 11.4 Å². The second-order valence-corrected chi connectivity index (χ2v) is 11.5. The third-order valence-electron chi connectivity index (χ3n) is 7.85. The molecule has 1 aliphatic heterocycles. The van der Waals surface area contributed by atoms with Gasteiger partial charge in [-0.2, -0.15) is 0 Å². The van der Waals surface area contributed by atoms with E-state index in [1.165, 1.54) is 0 Å². The Kier molecular flexibility index (Phi) is 7.88. The summed E-state index contributed by atoms with van der Waals surface area (Å²) in [6.07, 6.45) is 1.78. The maximum absolute atomic E-state index is 12.4. The van der Waals surface area contributed by atoms with Crippen LogP contribution in [0, 0.1) is 33.6 Å². The van der Waals surface area contributed by atoms with Gasteiger partial charge in [0.1, 0.15) is 0 Å². The number of aromatic nitrogens is 2. The molecule has 3 heterocycles. The van der Waals surface area contributed by atoms with E-state index in [1.54, 1.807) is 18.3 Å². The number of anilines is 2. The Morgan fingerprint density at radius 3 is 2.40 bits per heavy atom. The Morgan fingerprint density at radius 1 is 1.00 bits per heavy atom. The van der Waals surface area contributed by atoms with Crippen molar-refractivity contribution < 1.29 is 14.7 Å². The van der Waals surface area contributed by atoms with Crippen LogP contribution in [0.5, 0.6) is 0 Å². The van der Waals surface area contributed by atoms with Crippen molar-refractivity contribution in [3.63, 3.8) is 0 Å². The van der Waals surface area contributed by atoms with Crippen molar-refractivity contribution >= 4 is 40.6 Å². The number of carboxylic acids is 1. The quantitative estimate of drug-likeness (QED) is 0.212. The number of pyridine rings is 1. The molecule has 0 radical (unpaired) electrons. The Hall–Kier alpha value is -4.50. The fourth-order valence-electron chi connectivity index (χ4n) is 5.61. The highest BCUT2D eigenvalue weighted by Gasteiger charge is 2.42. The number of nitrogens with one attached hydrogen (secondary N) is 2. The van der Waals surface area contributed by atoms with Crippen molar-refractivity contribution in [1.29, 1.82) is 0 Å². The molecule has 5 rings (SSSR count). The van der Waals surface area contributed by atoms with E-state index >= 15 is 0 Å². The molecular weight excluding hydrogens is 546 g/mol. The minimum atomic E-state index is -0.964. The molecule has 42 heavy (non-hydrogen) atoms. The first-order valence-corrected chi connectivity index (χ1v) is 14.3. The molecule has 2 unspecified atom stereocenters. The third kappa shape index (κ3) is 5.27. The lowest BCUT2D eigenvalue weighted by Crippen LogP contribution is -2.29. The minimum Gasteiger partial charge on any atom is -0.478 e. The Balaban J connectivity index is 1.64. The number of thiocarbonyl (C=S) groups is 1. The number of hydrogen-bond donors (Lipinski definition) is 3. The maximum atomic E-state index is 12.4. The maximum Gasteiger partial charge on any atom is 0.335 e. The fourth-order valence-corrected chi connectivity index (χ4v) is 5.95. The van der Waals surface area contributed by atoms with Gasteiger partial charge in [0.25, 0.3) is 0 Å². The summed E-state index contributed by atoms with van der Waals surface area (Å²) in [6, 6.07) is 18.6. The number of amides is 1. The van der Waals surface area contributed by atoms with Gasteiger partial charge < -0.3 is 25.2 Å². The van der Waals surface area contributed by atoms with E-state index in [9.17, 15) is 14.7 Å². The van der Waals surface area contributed by atoms with E-state index in [1.807, 2.05) is 77.1 Å². The van der Waals surface area contributed by atoms with Crippen molar-refractivity contribution in [3.05, 3.63) is 106 Å². The van der Waals surface area contributed by atoms with E-state index in [-0.39, 0.29) is 29.5 Å². The topological polar surface area (TPSA) is 99.5 Å². The summed E-state index contributed by atoms with van der Waals surface area (Å²) in [4.78, 5) is 30.9. The predicted molar refractivity (Wildman–Crippen MR) is 170 cm³/mol. The molecule has 0 bridgehead atoms. The highest BCUT2D eigenvalue weighted by atomic mass is 32.1. The molecule has 3 N–H and O–H groups in total. The monoisotopic (exact) mass is 581 g/mol. The summed E-state index contributed by atoms with van der Waals surface area (Å²) in [6.45, 7) is 11.8. The van der Waals surface area contributed by atoms with Crippen LogP contribution in [0.1, 0.15) is 70.1 Å². The van der Waals surface area contributed by atoms with E-state index < -0.39 is 5.97 Å². The number of hydrogen-bond acceptors (Lipinski definition) is 4. The number of nitrogens with zero attached hydrogens (tertiary/aromatic N) is 3. The normalized spacial score (nSPS) is 16.5. The molecule has 0 spiro atoms. The number of carboxylic acid groups (broad SMARTS) is 1. The second-order valence-electron chi connectivity index (χ2n) is 11.1. The molecule has 0 saturated carbocycles. The van der Waals surface area contributed by atoms with Gasteiger partial charge in [-0.05, 0) is 105 Å². The van der Waals surface area contributed by atoms with Crippen LogP contribution in [0.3, 0.4) is 0 Å². The smallest absolute Gasteiger partial charge is 0.335 e. The summed E-state index contributed by atoms with van der Waals surface area (Å²) in [5, 5.41) is 16.8. The second kappa shape index (κ2) is 11.4. The summed E-state index contributed by atoms with van der Waals surface area (Å²) >= 11 is 5.95. The van der Waals surface area contributed by atoms with Crippen molar-refractivity contribution in [3.8, 4) is 5.69 Å². The molecule has 4 aromatic rings. The lowest BCUT2D eigenvalue weighted by atomic mass is 9.96. The molecule has 216 valence electrons. The molecule has 1 saturated heterocycles. The molecule has 1 fully saturated rings. The number of carbonyl (C=O) groups excluding carboxylic acids is 1. The predicted octanol–water partition coefficient (Wildman–Crippen LogP) is 6.58. The van der Waals surface area contributed by atoms with Crippen molar-refractivity contribution in [1.82, 2.24) is 14.9 Å². The highest BCUT2D eigenvalue weighted by Crippen LogP contribution is 2.44. The number of benzene rings is 2. The van der Waals surface area contributed by atoms with E-state index in [4.69, 9.17) is 12.2 Å². The minimum absolute atomic E-state index is 0.0352. The van der Waals surface area contributed by atoms with Gasteiger partial charge in [-0.1, -0.05) is 26.0 Å². The molecule has 9 heteroatoms. The molecule has 0 aliphatic carbocycles. The van der Waals surface area contributed by atoms with Crippen LogP contribution >= 0.6 is 12.2 Å². The van der Waals surface area contributed by atoms with Gasteiger partial charge >= 0.3 is 5.97 Å². The van der Waals surface area contributed by atoms with E-state index in [0.717, 1.165) is 50.8 Å². The molecule has 2 aromatic heterocycles. The van der Waals surface area contributed by atoms with Gasteiger partial charge in [0.05, 0.1) is 23.3 Å². The van der Waals surface area contributed by atoms with E-state index in [0.29, 0.717) is 5.11 Å². The van der Waals surface area contributed by atoms with Gasteiger partial charge in [-0.25, -0.2) is 4.79 Å². The first-order valence-electron chi connectivity index (χ1n) is 13.9. The van der Waals surface area contributed by atoms with Gasteiger partial charge in [-0.3, -0.25) is 9.78 Å². The fraction of sp³-hybridized carbons (Fsp3) is 0.273. The summed E-state index contributed by atoms with van der Waals surface area (Å²) in [5.41, 5.74) is 8.49. The zero-order valence-corrected chi connectivity index (χ0v) is 25.4. The van der Waals surface area contributed by atoms with Crippen molar-refractivity contribution in [2.45, 2.75) is 53.6 Å². The number of aryl methyl sites for hydroxylation is 3. The lowest BCUT2D eigenvalue weighted by molar-refractivity contribution is -0.118. The SMILES string of the molecule is Cc1cc(N2C(=S)NC(c3ccccn3)C2c2cc(C)n(-c3cc(C(=O)O)ccc3C)c2C)ccc1NC(=O)C(C)C. The van der Waals surface area contributed by atoms with Crippen LogP contribution < -0.4 is 15.5 Å². The first kappa shape index (κ1) is 29.0. The van der Waals surface area contributed by atoms with Gasteiger partial charge in [-0.15, -0.1) is 0 Å². The summed E-state index contributed by atoms with van der Waals surface area (Å²) in [5.74, 6) is -1.13. The Labute approximate surface area is 251 Å². The van der Waals surface area contributed by atoms with Crippen LogP contribution in [0.2, 0.25) is 0 Å². The number of aromatic carboxylic acids is 1. The van der Waals surface area contributed by atoms with Crippen LogP contribution in [-0.2, 0) is 4.79 Å². The summed E-state index contributed by atoms with van der Waals surface area (Å²) < 4.78 is 2.11. The van der Waals surface area contributed by atoms with Crippen LogP contribution in [0.15, 0.2) is 66.9 Å². The number of carbonyl (C=O) groups is 2. The average molecular weight is 582 g/mol. The van der Waals surface area contributed by atoms with Crippen molar-refractivity contribution in [2.24, 2.45) is 5.92 Å². The molecule has 2 aromatic carbocycles. The van der Waals surface area contributed by atoms with Crippen LogP contribution in [-0.4, -0.2) is 31.6 Å². The first-order chi connectivity index (χ1) is 20.0. The highest BCUT2D eigenvalue weighted by molar-refractivity contribution is 7.80. The summed E-state index contributed by atoms with van der Waals surface area (Å²) in [7, 11) is 0. The zero-order chi connectivity index (χ0) is 30.3.